The van der Waals surface area contributed by atoms with Crippen LogP contribution in [0.15, 0.2) is 71.1 Å². The topological polar surface area (TPSA) is 25.2 Å². The number of hydrogen-bond donors (Lipinski definition) is 1. The summed E-state index contributed by atoms with van der Waals surface area (Å²) in [4.78, 5) is 0. The number of para-hydroxylation sites is 1. The minimum atomic E-state index is -0.0435. The van der Waals surface area contributed by atoms with Crippen LogP contribution in [0.1, 0.15) is 32.1 Å². The van der Waals surface area contributed by atoms with E-state index in [4.69, 9.17) is 4.42 Å². The fourth-order valence-corrected chi connectivity index (χ4v) is 3.17. The maximum atomic E-state index is 6.10. The summed E-state index contributed by atoms with van der Waals surface area (Å²) in [5.74, 6) is 0.856. The highest BCUT2D eigenvalue weighted by Gasteiger charge is 2.17. The van der Waals surface area contributed by atoms with Crippen LogP contribution in [0.5, 0.6) is 0 Å². The number of anilines is 1. The third-order valence-electron chi connectivity index (χ3n) is 4.32. The van der Waals surface area contributed by atoms with Crippen LogP contribution in [0, 0.1) is 0 Å². The minimum absolute atomic E-state index is 0.0435. The number of furan rings is 1. The maximum absolute atomic E-state index is 6.10. The molecule has 0 fully saturated rings. The van der Waals surface area contributed by atoms with Gasteiger partial charge in [-0.2, -0.15) is 0 Å². The summed E-state index contributed by atoms with van der Waals surface area (Å²) in [6.07, 6.45) is 4.16. The second-order valence-electron chi connectivity index (χ2n) is 7.65. The van der Waals surface area contributed by atoms with Gasteiger partial charge in [0.05, 0.1) is 5.69 Å². The first-order valence-electron chi connectivity index (χ1n) is 8.96. The predicted molar refractivity (Wildman–Crippen MR) is 112 cm³/mol. The quantitative estimate of drug-likeness (QED) is 0.435. The Labute approximate surface area is 154 Å². The third kappa shape index (κ3) is 3.36. The van der Waals surface area contributed by atoms with Gasteiger partial charge in [-0.3, -0.25) is 0 Å². The molecule has 0 atom stereocenters. The molecular weight excluding hydrogens is 318 g/mol. The Morgan fingerprint density at radius 1 is 0.808 bits per heavy atom. The fraction of sp³-hybridized carbons (Fsp3) is 0.167. The van der Waals surface area contributed by atoms with Gasteiger partial charge >= 0.3 is 0 Å². The Hall–Kier alpha value is -3.00. The molecule has 0 bridgehead atoms. The fourth-order valence-electron chi connectivity index (χ4n) is 3.17. The van der Waals surface area contributed by atoms with Gasteiger partial charge in [-0.05, 0) is 61.4 Å². The molecule has 1 aromatic heterocycles. The SMILES string of the molecule is CC(C)(C)Nc1c(/C=C/c2ccc3ccccc3c2)oc2ccccc12. The van der Waals surface area contributed by atoms with Crippen molar-refractivity contribution in [3.05, 3.63) is 78.1 Å². The highest BCUT2D eigenvalue weighted by Crippen LogP contribution is 2.34. The summed E-state index contributed by atoms with van der Waals surface area (Å²) in [6, 6.07) is 23.1. The van der Waals surface area contributed by atoms with Crippen LogP contribution >= 0.6 is 0 Å². The van der Waals surface area contributed by atoms with Crippen LogP contribution in [0.3, 0.4) is 0 Å². The normalized spacial score (nSPS) is 12.3. The van der Waals surface area contributed by atoms with Gasteiger partial charge in [0, 0.05) is 10.9 Å². The molecule has 0 unspecified atom stereocenters. The average molecular weight is 341 g/mol. The maximum Gasteiger partial charge on any atom is 0.151 e. The zero-order valence-corrected chi connectivity index (χ0v) is 15.4. The van der Waals surface area contributed by atoms with E-state index >= 15 is 0 Å². The Balaban J connectivity index is 1.75. The largest absolute Gasteiger partial charge is 0.454 e. The van der Waals surface area contributed by atoms with Crippen LogP contribution in [-0.4, -0.2) is 5.54 Å². The lowest BCUT2D eigenvalue weighted by Crippen LogP contribution is -2.26. The molecule has 2 heteroatoms. The van der Waals surface area contributed by atoms with E-state index in [2.05, 4.69) is 86.8 Å². The number of hydrogen-bond acceptors (Lipinski definition) is 2. The molecular formula is C24H23NO. The van der Waals surface area contributed by atoms with Gasteiger partial charge in [-0.1, -0.05) is 54.6 Å². The number of rotatable bonds is 3. The second-order valence-corrected chi connectivity index (χ2v) is 7.65. The van der Waals surface area contributed by atoms with Crippen LogP contribution in [-0.2, 0) is 0 Å². The van der Waals surface area contributed by atoms with Crippen molar-refractivity contribution in [2.24, 2.45) is 0 Å². The molecule has 1 N–H and O–H groups in total. The average Bonchev–Trinajstić information content (AvgIpc) is 2.96. The Morgan fingerprint density at radius 2 is 1.54 bits per heavy atom. The van der Waals surface area contributed by atoms with E-state index in [9.17, 15) is 0 Å². The zero-order chi connectivity index (χ0) is 18.1. The van der Waals surface area contributed by atoms with E-state index in [0.717, 1.165) is 28.0 Å². The van der Waals surface area contributed by atoms with E-state index in [0.29, 0.717) is 0 Å². The summed E-state index contributed by atoms with van der Waals surface area (Å²) >= 11 is 0. The molecule has 0 aliphatic rings. The lowest BCUT2D eigenvalue weighted by Gasteiger charge is -2.21. The third-order valence-corrected chi connectivity index (χ3v) is 4.32. The van der Waals surface area contributed by atoms with Crippen LogP contribution in [0.4, 0.5) is 5.69 Å². The molecule has 4 rings (SSSR count). The summed E-state index contributed by atoms with van der Waals surface area (Å²) < 4.78 is 6.10. The molecule has 0 aliphatic heterocycles. The summed E-state index contributed by atoms with van der Waals surface area (Å²) in [7, 11) is 0. The molecule has 0 saturated heterocycles. The van der Waals surface area contributed by atoms with Gasteiger partial charge in [-0.25, -0.2) is 0 Å². The Bertz CT molecular complexity index is 1100. The summed E-state index contributed by atoms with van der Waals surface area (Å²) in [6.45, 7) is 6.48. The first-order valence-corrected chi connectivity index (χ1v) is 8.96. The Morgan fingerprint density at radius 3 is 2.35 bits per heavy atom. The molecule has 0 saturated carbocycles. The van der Waals surface area contributed by atoms with Crippen LogP contribution < -0.4 is 5.32 Å². The van der Waals surface area contributed by atoms with Gasteiger partial charge in [0.15, 0.2) is 5.76 Å². The van der Waals surface area contributed by atoms with Crippen molar-refractivity contribution in [3.8, 4) is 0 Å². The molecule has 2 nitrogen and oxygen atoms in total. The highest BCUT2D eigenvalue weighted by atomic mass is 16.3. The van der Waals surface area contributed by atoms with Crippen molar-refractivity contribution in [2.45, 2.75) is 26.3 Å². The van der Waals surface area contributed by atoms with E-state index in [1.54, 1.807) is 0 Å². The van der Waals surface area contributed by atoms with Crippen molar-refractivity contribution >= 4 is 39.6 Å². The van der Waals surface area contributed by atoms with E-state index < -0.39 is 0 Å². The highest BCUT2D eigenvalue weighted by molar-refractivity contribution is 5.96. The van der Waals surface area contributed by atoms with E-state index in [-0.39, 0.29) is 5.54 Å². The van der Waals surface area contributed by atoms with Crippen LogP contribution in [0.25, 0.3) is 33.9 Å². The first kappa shape index (κ1) is 16.5. The van der Waals surface area contributed by atoms with Gasteiger partial charge in [0.2, 0.25) is 0 Å². The molecule has 0 amide bonds. The molecule has 1 heterocycles. The Kier molecular flexibility index (Phi) is 4.04. The summed E-state index contributed by atoms with van der Waals surface area (Å²) in [5, 5.41) is 7.20. The van der Waals surface area contributed by atoms with Crippen LogP contribution in [0.2, 0.25) is 0 Å². The number of fused-ring (bicyclic) bond motifs is 2. The van der Waals surface area contributed by atoms with Gasteiger partial charge in [0.1, 0.15) is 5.58 Å². The second kappa shape index (κ2) is 6.38. The smallest absolute Gasteiger partial charge is 0.151 e. The van der Waals surface area contributed by atoms with Crippen molar-refractivity contribution in [2.75, 3.05) is 5.32 Å². The van der Waals surface area contributed by atoms with Crippen molar-refractivity contribution in [1.29, 1.82) is 0 Å². The van der Waals surface area contributed by atoms with E-state index in [1.165, 1.54) is 10.8 Å². The number of benzene rings is 3. The monoisotopic (exact) mass is 341 g/mol. The van der Waals surface area contributed by atoms with Gasteiger partial charge in [-0.15, -0.1) is 0 Å². The van der Waals surface area contributed by atoms with E-state index in [1.807, 2.05) is 18.2 Å². The molecule has 0 aliphatic carbocycles. The molecule has 130 valence electrons. The molecule has 3 aromatic carbocycles. The van der Waals surface area contributed by atoms with Crippen molar-refractivity contribution in [3.63, 3.8) is 0 Å². The molecule has 4 aromatic rings. The van der Waals surface area contributed by atoms with Gasteiger partial charge in [0.25, 0.3) is 0 Å². The van der Waals surface area contributed by atoms with Gasteiger partial charge < -0.3 is 9.73 Å². The molecule has 0 radical (unpaired) electrons. The summed E-state index contributed by atoms with van der Waals surface area (Å²) in [5.41, 5.74) is 3.06. The minimum Gasteiger partial charge on any atom is -0.454 e. The standard InChI is InChI=1S/C24H23NO/c1-24(2,3)25-23-20-10-6-7-11-21(20)26-22(23)15-13-17-12-14-18-8-4-5-9-19(18)16-17/h4-16,25H,1-3H3/b15-13+. The molecule has 26 heavy (non-hydrogen) atoms. The number of nitrogens with one attached hydrogen (secondary N) is 1. The van der Waals surface area contributed by atoms with Crippen molar-refractivity contribution < 1.29 is 4.42 Å². The lowest BCUT2D eigenvalue weighted by molar-refractivity contribution is 0.595. The zero-order valence-electron chi connectivity index (χ0n) is 15.4. The van der Waals surface area contributed by atoms with Crippen molar-refractivity contribution in [1.82, 2.24) is 0 Å². The lowest BCUT2D eigenvalue weighted by atomic mass is 10.1. The molecule has 0 spiro atoms. The first-order chi connectivity index (χ1) is 12.5. The predicted octanol–water partition coefficient (Wildman–Crippen LogP) is 6.97.